The first-order valence-corrected chi connectivity index (χ1v) is 4.96. The lowest BCUT2D eigenvalue weighted by Crippen LogP contribution is -2.21. The summed E-state index contributed by atoms with van der Waals surface area (Å²) in [6.07, 6.45) is 1.71. The highest BCUT2D eigenvalue weighted by molar-refractivity contribution is 5.81. The first kappa shape index (κ1) is 12.0. The van der Waals surface area contributed by atoms with Gasteiger partial charge in [0.05, 0.1) is 12.3 Å². The maximum atomic E-state index is 5.54. The van der Waals surface area contributed by atoms with Crippen LogP contribution >= 0.6 is 0 Å². The molecule has 0 atom stereocenters. The first-order chi connectivity index (χ1) is 7.58. The third kappa shape index (κ3) is 4.45. The summed E-state index contributed by atoms with van der Waals surface area (Å²) in [6, 6.07) is 7.52. The van der Waals surface area contributed by atoms with Gasteiger partial charge in [0.25, 0.3) is 0 Å². The van der Waals surface area contributed by atoms with Gasteiger partial charge in [0.15, 0.2) is 0 Å². The predicted octanol–water partition coefficient (Wildman–Crippen LogP) is 1.08. The van der Waals surface area contributed by atoms with E-state index < -0.39 is 0 Å². The lowest BCUT2D eigenvalue weighted by Gasteiger charge is -2.09. The van der Waals surface area contributed by atoms with Gasteiger partial charge in [-0.15, -0.1) is 5.10 Å². The van der Waals surface area contributed by atoms with Crippen LogP contribution in [0.3, 0.4) is 0 Å². The molecule has 86 valence electrons. The Kier molecular flexibility index (Phi) is 4.32. The van der Waals surface area contributed by atoms with Crippen molar-refractivity contribution < 1.29 is 4.74 Å². The summed E-state index contributed by atoms with van der Waals surface area (Å²) in [4.78, 5) is 0. The number of ether oxygens (including phenoxy) is 1. The summed E-state index contributed by atoms with van der Waals surface area (Å²) in [7, 11) is 0. The molecule has 0 spiro atoms. The van der Waals surface area contributed by atoms with E-state index in [9.17, 15) is 0 Å². The highest BCUT2D eigenvalue weighted by atomic mass is 16.5. The normalized spacial score (nSPS) is 10.7. The molecule has 0 aliphatic carbocycles. The van der Waals surface area contributed by atoms with Crippen LogP contribution in [0.15, 0.2) is 34.5 Å². The molecular formula is C11H16N4O. The number of hydrogen-bond donors (Lipinski definition) is 2. The third-order valence-corrected chi connectivity index (χ3v) is 1.61. The monoisotopic (exact) mass is 220 g/mol. The lowest BCUT2D eigenvalue weighted by molar-refractivity contribution is 0.242. The van der Waals surface area contributed by atoms with Gasteiger partial charge in [-0.2, -0.15) is 5.10 Å². The van der Waals surface area contributed by atoms with E-state index in [2.05, 4.69) is 10.2 Å². The van der Waals surface area contributed by atoms with E-state index in [-0.39, 0.29) is 12.1 Å². The minimum Gasteiger partial charge on any atom is -0.491 e. The van der Waals surface area contributed by atoms with Gasteiger partial charge in [0.2, 0.25) is 5.96 Å². The van der Waals surface area contributed by atoms with Crippen molar-refractivity contribution in [2.24, 2.45) is 21.7 Å². The van der Waals surface area contributed by atoms with Gasteiger partial charge in [0, 0.05) is 0 Å². The summed E-state index contributed by atoms with van der Waals surface area (Å²) in [6.45, 7) is 3.94. The second-order valence-electron chi connectivity index (χ2n) is 3.51. The van der Waals surface area contributed by atoms with Gasteiger partial charge >= 0.3 is 0 Å². The standard InChI is InChI=1S/C11H16N4O/c1-8(2)16-10-5-3-4-9(6-10)7-14-15-11(12)13/h3-8H,1-2H3,(H4,12,13,15). The van der Waals surface area contributed by atoms with Crippen molar-refractivity contribution in [1.82, 2.24) is 0 Å². The van der Waals surface area contributed by atoms with Crippen LogP contribution in [-0.2, 0) is 0 Å². The molecule has 1 rings (SSSR count). The van der Waals surface area contributed by atoms with E-state index in [1.807, 2.05) is 38.1 Å². The van der Waals surface area contributed by atoms with Gasteiger partial charge in [-0.05, 0) is 31.5 Å². The van der Waals surface area contributed by atoms with Crippen LogP contribution in [0.25, 0.3) is 0 Å². The van der Waals surface area contributed by atoms with Gasteiger partial charge < -0.3 is 16.2 Å². The fourth-order valence-corrected chi connectivity index (χ4v) is 1.10. The number of nitrogens with two attached hydrogens (primary N) is 2. The summed E-state index contributed by atoms with van der Waals surface area (Å²) in [5, 5.41) is 7.23. The highest BCUT2D eigenvalue weighted by Crippen LogP contribution is 2.13. The van der Waals surface area contributed by atoms with Gasteiger partial charge in [-0.25, -0.2) is 0 Å². The Bertz CT molecular complexity index is 395. The van der Waals surface area contributed by atoms with Crippen LogP contribution in [0.4, 0.5) is 0 Å². The van der Waals surface area contributed by atoms with Gasteiger partial charge in [-0.3, -0.25) is 0 Å². The molecule has 5 nitrogen and oxygen atoms in total. The molecule has 0 aliphatic rings. The molecule has 0 aliphatic heterocycles. The van der Waals surface area contributed by atoms with Crippen molar-refractivity contribution in [3.8, 4) is 5.75 Å². The minimum absolute atomic E-state index is 0.0640. The van der Waals surface area contributed by atoms with Crippen molar-refractivity contribution in [1.29, 1.82) is 0 Å². The van der Waals surface area contributed by atoms with Crippen LogP contribution in [0.1, 0.15) is 19.4 Å². The molecule has 0 fully saturated rings. The molecule has 0 unspecified atom stereocenters. The maximum absolute atomic E-state index is 5.54. The molecule has 0 saturated heterocycles. The molecule has 5 heteroatoms. The SMILES string of the molecule is CC(C)Oc1cccc(C=NN=C(N)N)c1. The fourth-order valence-electron chi connectivity index (χ4n) is 1.10. The fraction of sp³-hybridized carbons (Fsp3) is 0.273. The van der Waals surface area contributed by atoms with Crippen LogP contribution < -0.4 is 16.2 Å². The molecule has 1 aromatic rings. The zero-order chi connectivity index (χ0) is 12.0. The molecule has 0 heterocycles. The van der Waals surface area contributed by atoms with Crippen molar-refractivity contribution >= 4 is 12.2 Å². The Morgan fingerprint density at radius 2 is 2.12 bits per heavy atom. The van der Waals surface area contributed by atoms with Crippen LogP contribution in [-0.4, -0.2) is 18.3 Å². The number of guanidine groups is 1. The Balaban J connectivity index is 2.74. The maximum Gasteiger partial charge on any atom is 0.211 e. The Morgan fingerprint density at radius 3 is 2.75 bits per heavy atom. The zero-order valence-corrected chi connectivity index (χ0v) is 9.42. The molecule has 4 N–H and O–H groups in total. The highest BCUT2D eigenvalue weighted by Gasteiger charge is 1.97. The van der Waals surface area contributed by atoms with Gasteiger partial charge in [0.1, 0.15) is 5.75 Å². The van der Waals surface area contributed by atoms with E-state index in [0.29, 0.717) is 0 Å². The van der Waals surface area contributed by atoms with Crippen molar-refractivity contribution in [3.05, 3.63) is 29.8 Å². The topological polar surface area (TPSA) is 86.0 Å². The Hall–Kier alpha value is -2.04. The van der Waals surface area contributed by atoms with E-state index in [1.165, 1.54) is 0 Å². The summed E-state index contributed by atoms with van der Waals surface area (Å²) in [5.74, 6) is 0.731. The molecule has 0 saturated carbocycles. The number of nitrogens with zero attached hydrogens (tertiary/aromatic N) is 2. The number of benzene rings is 1. The third-order valence-electron chi connectivity index (χ3n) is 1.61. The average Bonchev–Trinajstić information content (AvgIpc) is 2.16. The average molecular weight is 220 g/mol. The van der Waals surface area contributed by atoms with Crippen LogP contribution in [0, 0.1) is 0 Å². The molecule has 0 bridgehead atoms. The van der Waals surface area contributed by atoms with E-state index in [4.69, 9.17) is 16.2 Å². The second kappa shape index (κ2) is 5.75. The Morgan fingerprint density at radius 1 is 1.38 bits per heavy atom. The summed E-state index contributed by atoms with van der Waals surface area (Å²) >= 11 is 0. The van der Waals surface area contributed by atoms with Crippen molar-refractivity contribution in [3.63, 3.8) is 0 Å². The lowest BCUT2D eigenvalue weighted by atomic mass is 10.2. The predicted molar refractivity (Wildman–Crippen MR) is 65.6 cm³/mol. The minimum atomic E-state index is -0.0640. The Labute approximate surface area is 94.8 Å². The number of rotatable bonds is 4. The van der Waals surface area contributed by atoms with E-state index in [0.717, 1.165) is 11.3 Å². The second-order valence-corrected chi connectivity index (χ2v) is 3.51. The van der Waals surface area contributed by atoms with Crippen molar-refractivity contribution in [2.45, 2.75) is 20.0 Å². The summed E-state index contributed by atoms with van der Waals surface area (Å²) < 4.78 is 5.54. The quantitative estimate of drug-likeness (QED) is 0.452. The molecule has 16 heavy (non-hydrogen) atoms. The van der Waals surface area contributed by atoms with E-state index >= 15 is 0 Å². The molecule has 0 radical (unpaired) electrons. The van der Waals surface area contributed by atoms with Crippen molar-refractivity contribution in [2.75, 3.05) is 0 Å². The largest absolute Gasteiger partial charge is 0.491 e. The molecular weight excluding hydrogens is 204 g/mol. The molecule has 0 amide bonds. The van der Waals surface area contributed by atoms with Crippen LogP contribution in [0.5, 0.6) is 5.75 Å². The smallest absolute Gasteiger partial charge is 0.211 e. The molecule has 1 aromatic carbocycles. The van der Waals surface area contributed by atoms with E-state index in [1.54, 1.807) is 6.21 Å². The van der Waals surface area contributed by atoms with Gasteiger partial charge in [-0.1, -0.05) is 12.1 Å². The molecule has 0 aromatic heterocycles. The number of hydrogen-bond acceptors (Lipinski definition) is 3. The summed E-state index contributed by atoms with van der Waals surface area (Å²) in [5.41, 5.74) is 11.2. The zero-order valence-electron chi connectivity index (χ0n) is 9.42. The van der Waals surface area contributed by atoms with Crippen LogP contribution in [0.2, 0.25) is 0 Å². The first-order valence-electron chi connectivity index (χ1n) is 4.96.